The van der Waals surface area contributed by atoms with Gasteiger partial charge in [0.15, 0.2) is 8.07 Å². The van der Waals surface area contributed by atoms with E-state index in [1.165, 1.54) is 31.9 Å². The van der Waals surface area contributed by atoms with Gasteiger partial charge in [-0.15, -0.1) is 0 Å². The molecule has 3 aromatic carbocycles. The van der Waals surface area contributed by atoms with Gasteiger partial charge in [-0.3, -0.25) is 4.98 Å². The van der Waals surface area contributed by atoms with Crippen LogP contribution in [0.15, 0.2) is 103 Å². The fourth-order valence-electron chi connectivity index (χ4n) is 4.29. The normalized spacial score (nSPS) is 13.9. The third kappa shape index (κ3) is 1.92. The summed E-state index contributed by atoms with van der Waals surface area (Å²) in [5.41, 5.74) is 2.63. The molecule has 118 valence electrons. The van der Waals surface area contributed by atoms with Crippen molar-refractivity contribution in [2.45, 2.75) is 0 Å². The maximum absolute atomic E-state index is 4.43. The fourth-order valence-corrected chi connectivity index (χ4v) is 9.44. The molecule has 1 aliphatic rings. The lowest BCUT2D eigenvalue weighted by atomic mass is 10.1. The molecule has 0 saturated carbocycles. The van der Waals surface area contributed by atoms with Crippen molar-refractivity contribution in [1.82, 2.24) is 4.98 Å². The van der Waals surface area contributed by atoms with E-state index in [1.807, 2.05) is 12.4 Å². The second kappa shape index (κ2) is 5.54. The molecule has 1 aliphatic heterocycles. The molecule has 0 N–H and O–H groups in total. The van der Waals surface area contributed by atoms with Gasteiger partial charge in [-0.25, -0.2) is 0 Å². The number of nitrogens with zero attached hydrogens (tertiary/aromatic N) is 1. The molecule has 2 heteroatoms. The van der Waals surface area contributed by atoms with Gasteiger partial charge in [0.25, 0.3) is 0 Å². The van der Waals surface area contributed by atoms with Crippen LogP contribution in [-0.2, 0) is 0 Å². The fraction of sp³-hybridized carbons (Fsp3) is 0. The van der Waals surface area contributed by atoms with Crippen LogP contribution in [0, 0.1) is 0 Å². The Labute approximate surface area is 148 Å². The predicted molar refractivity (Wildman–Crippen MR) is 107 cm³/mol. The summed E-state index contributed by atoms with van der Waals surface area (Å²) in [6.07, 6.45) is 3.98. The summed E-state index contributed by atoms with van der Waals surface area (Å²) in [4.78, 5) is 4.43. The molecular weight excluding hydrogens is 318 g/mol. The van der Waals surface area contributed by atoms with Crippen molar-refractivity contribution >= 4 is 28.8 Å². The highest BCUT2D eigenvalue weighted by Gasteiger charge is 2.48. The first-order valence-corrected chi connectivity index (χ1v) is 10.6. The SMILES string of the molecule is c1ccc([Si]2(c3ccccc3)c3ccccc3-c3cnccc32)cc1. The number of aromatic nitrogens is 1. The Morgan fingerprint density at radius 1 is 0.520 bits per heavy atom. The lowest BCUT2D eigenvalue weighted by Gasteiger charge is -2.31. The molecule has 0 aliphatic carbocycles. The zero-order valence-corrected chi connectivity index (χ0v) is 14.8. The van der Waals surface area contributed by atoms with Crippen LogP contribution >= 0.6 is 0 Å². The zero-order valence-electron chi connectivity index (χ0n) is 13.8. The largest absolute Gasteiger partial charge is 0.264 e. The highest BCUT2D eigenvalue weighted by molar-refractivity contribution is 7.22. The highest BCUT2D eigenvalue weighted by atomic mass is 28.3. The van der Waals surface area contributed by atoms with Gasteiger partial charge in [-0.05, 0) is 32.4 Å². The summed E-state index contributed by atoms with van der Waals surface area (Å²) in [7, 11) is -2.27. The number of benzene rings is 3. The summed E-state index contributed by atoms with van der Waals surface area (Å²) in [6.45, 7) is 0. The smallest absolute Gasteiger partial charge is 0.180 e. The molecule has 0 unspecified atom stereocenters. The van der Waals surface area contributed by atoms with Gasteiger partial charge in [0, 0.05) is 18.0 Å². The molecule has 0 amide bonds. The van der Waals surface area contributed by atoms with Crippen LogP contribution in [0.5, 0.6) is 0 Å². The number of hydrogen-bond acceptors (Lipinski definition) is 1. The Bertz CT molecular complexity index is 955. The summed E-state index contributed by atoms with van der Waals surface area (Å²) < 4.78 is 0. The Hall–Kier alpha value is -2.97. The van der Waals surface area contributed by atoms with Crippen LogP contribution in [0.1, 0.15) is 0 Å². The first kappa shape index (κ1) is 14.4. The zero-order chi connectivity index (χ0) is 16.7. The molecule has 5 rings (SSSR count). The Kier molecular flexibility index (Phi) is 3.18. The Morgan fingerprint density at radius 3 is 1.76 bits per heavy atom. The molecule has 0 fully saturated rings. The van der Waals surface area contributed by atoms with Gasteiger partial charge in [0.05, 0.1) is 0 Å². The van der Waals surface area contributed by atoms with Crippen LogP contribution in [0.3, 0.4) is 0 Å². The van der Waals surface area contributed by atoms with E-state index >= 15 is 0 Å². The van der Waals surface area contributed by atoms with Crippen molar-refractivity contribution in [3.63, 3.8) is 0 Å². The number of rotatable bonds is 2. The number of pyridine rings is 1. The predicted octanol–water partition coefficient (Wildman–Crippen LogP) is 2.44. The maximum Gasteiger partial charge on any atom is 0.180 e. The van der Waals surface area contributed by atoms with Crippen molar-refractivity contribution in [3.05, 3.63) is 103 Å². The lowest BCUT2D eigenvalue weighted by Crippen LogP contribution is -2.72. The van der Waals surface area contributed by atoms with E-state index in [0.717, 1.165) is 0 Å². The second-order valence-electron chi connectivity index (χ2n) is 6.45. The van der Waals surface area contributed by atoms with Crippen molar-refractivity contribution in [3.8, 4) is 11.1 Å². The minimum Gasteiger partial charge on any atom is -0.264 e. The second-order valence-corrected chi connectivity index (χ2v) is 10.2. The molecule has 0 saturated heterocycles. The minimum absolute atomic E-state index is 1.29. The molecule has 0 radical (unpaired) electrons. The van der Waals surface area contributed by atoms with Gasteiger partial charge < -0.3 is 0 Å². The number of fused-ring (bicyclic) bond motifs is 3. The average molecular weight is 335 g/mol. The van der Waals surface area contributed by atoms with Crippen LogP contribution < -0.4 is 20.7 Å². The van der Waals surface area contributed by atoms with Gasteiger partial charge in [0.1, 0.15) is 0 Å². The standard InChI is InChI=1S/C23H17NSi/c1-3-9-18(10-4-1)25(19-11-5-2-6-12-19)22-14-8-7-13-20(22)21-17-24-16-15-23(21)25/h1-17H. The van der Waals surface area contributed by atoms with Gasteiger partial charge >= 0.3 is 0 Å². The van der Waals surface area contributed by atoms with E-state index in [4.69, 9.17) is 0 Å². The molecule has 1 aromatic heterocycles. The molecule has 0 atom stereocenters. The molecule has 4 aromatic rings. The lowest BCUT2D eigenvalue weighted by molar-refractivity contribution is 1.35. The highest BCUT2D eigenvalue weighted by Crippen LogP contribution is 2.27. The summed E-state index contributed by atoms with van der Waals surface area (Å²) in [6, 6.07) is 33.2. The summed E-state index contributed by atoms with van der Waals surface area (Å²) >= 11 is 0. The molecular formula is C23H17NSi. The Balaban J connectivity index is 1.98. The average Bonchev–Trinajstić information content (AvgIpc) is 3.01. The number of hydrogen-bond donors (Lipinski definition) is 0. The van der Waals surface area contributed by atoms with Crippen LogP contribution in [-0.4, -0.2) is 13.1 Å². The minimum atomic E-state index is -2.27. The van der Waals surface area contributed by atoms with Crippen molar-refractivity contribution < 1.29 is 0 Å². The Morgan fingerprint density at radius 2 is 1.08 bits per heavy atom. The van der Waals surface area contributed by atoms with E-state index in [2.05, 4.69) is 96.0 Å². The quantitative estimate of drug-likeness (QED) is 0.452. The molecule has 0 bridgehead atoms. The van der Waals surface area contributed by atoms with Gasteiger partial charge in [0.2, 0.25) is 0 Å². The van der Waals surface area contributed by atoms with Crippen LogP contribution in [0.4, 0.5) is 0 Å². The monoisotopic (exact) mass is 335 g/mol. The van der Waals surface area contributed by atoms with Gasteiger partial charge in [-0.2, -0.15) is 0 Å². The van der Waals surface area contributed by atoms with Gasteiger partial charge in [-0.1, -0.05) is 84.9 Å². The molecule has 2 heterocycles. The topological polar surface area (TPSA) is 12.9 Å². The van der Waals surface area contributed by atoms with E-state index in [1.54, 1.807) is 0 Å². The third-order valence-electron chi connectivity index (χ3n) is 5.26. The summed E-state index contributed by atoms with van der Waals surface area (Å²) in [5.74, 6) is 0. The third-order valence-corrected chi connectivity index (χ3v) is 10.1. The summed E-state index contributed by atoms with van der Waals surface area (Å²) in [5, 5.41) is 5.77. The maximum atomic E-state index is 4.43. The molecule has 0 spiro atoms. The van der Waals surface area contributed by atoms with E-state index in [-0.39, 0.29) is 0 Å². The van der Waals surface area contributed by atoms with E-state index in [9.17, 15) is 0 Å². The van der Waals surface area contributed by atoms with Crippen LogP contribution in [0.25, 0.3) is 11.1 Å². The molecule has 25 heavy (non-hydrogen) atoms. The first-order valence-electron chi connectivity index (χ1n) is 8.58. The van der Waals surface area contributed by atoms with E-state index < -0.39 is 8.07 Å². The van der Waals surface area contributed by atoms with Crippen molar-refractivity contribution in [2.24, 2.45) is 0 Å². The van der Waals surface area contributed by atoms with E-state index in [0.29, 0.717) is 0 Å². The molecule has 1 nitrogen and oxygen atoms in total. The van der Waals surface area contributed by atoms with Crippen molar-refractivity contribution in [1.29, 1.82) is 0 Å². The first-order chi connectivity index (χ1) is 12.4. The van der Waals surface area contributed by atoms with Crippen LogP contribution in [0.2, 0.25) is 0 Å². The van der Waals surface area contributed by atoms with Crippen molar-refractivity contribution in [2.75, 3.05) is 0 Å².